The van der Waals surface area contributed by atoms with Gasteiger partial charge in [0, 0.05) is 30.7 Å². The molecule has 0 bridgehead atoms. The molecule has 126 valence electrons. The molecule has 1 saturated heterocycles. The average Bonchev–Trinajstić information content (AvgIpc) is 2.54. The molecule has 1 fully saturated rings. The van der Waals surface area contributed by atoms with Crippen molar-refractivity contribution in [2.75, 3.05) is 24.7 Å². The zero-order valence-electron chi connectivity index (χ0n) is 13.0. The van der Waals surface area contributed by atoms with E-state index >= 15 is 0 Å². The van der Waals surface area contributed by atoms with Gasteiger partial charge in [0.15, 0.2) is 0 Å². The Bertz CT molecular complexity index is 970. The van der Waals surface area contributed by atoms with E-state index in [-0.39, 0.29) is 11.6 Å². The number of fused-ring (bicyclic) bond motifs is 1. The Hall–Kier alpha value is -2.51. The van der Waals surface area contributed by atoms with Crippen LogP contribution in [0.3, 0.4) is 0 Å². The number of hydrogen-bond acceptors (Lipinski definition) is 7. The molecule has 0 atom stereocenters. The first-order valence-electron chi connectivity index (χ1n) is 7.38. The maximum absolute atomic E-state index is 11.7. The van der Waals surface area contributed by atoms with Gasteiger partial charge in [-0.3, -0.25) is 4.79 Å². The molecule has 0 spiro atoms. The zero-order chi connectivity index (χ0) is 17.3. The van der Waals surface area contributed by atoms with Crippen molar-refractivity contribution in [3.05, 3.63) is 28.2 Å². The fraction of sp³-hybridized carbons (Fsp3) is 0.429. The average molecular weight is 348 g/mol. The van der Waals surface area contributed by atoms with Gasteiger partial charge >= 0.3 is 0 Å². The predicted octanol–water partition coefficient (Wildman–Crippen LogP) is 0.0257. The summed E-state index contributed by atoms with van der Waals surface area (Å²) in [5, 5.41) is 12.6. The summed E-state index contributed by atoms with van der Waals surface area (Å²) in [6.45, 7) is 0.902. The van der Waals surface area contributed by atoms with Crippen LogP contribution in [0.5, 0.6) is 0 Å². The summed E-state index contributed by atoms with van der Waals surface area (Å²) < 4.78 is 24.5. The van der Waals surface area contributed by atoms with Crippen LogP contribution in [0.15, 0.2) is 17.1 Å². The molecule has 1 aliphatic heterocycles. The first kappa shape index (κ1) is 16.4. The van der Waals surface area contributed by atoms with Crippen molar-refractivity contribution in [2.24, 2.45) is 0 Å². The van der Waals surface area contributed by atoms with Crippen LogP contribution >= 0.6 is 0 Å². The minimum Gasteiger partial charge on any atom is -0.351 e. The minimum absolute atomic E-state index is 0.0138. The van der Waals surface area contributed by atoms with Gasteiger partial charge in [-0.1, -0.05) is 0 Å². The van der Waals surface area contributed by atoms with Gasteiger partial charge < -0.3 is 10.3 Å². The minimum atomic E-state index is -3.15. The molecular weight excluding hydrogens is 332 g/mol. The molecular formula is C14H16N6O3S. The van der Waals surface area contributed by atoms with Crippen LogP contribution in [0, 0.1) is 11.3 Å². The summed E-state index contributed by atoms with van der Waals surface area (Å²) in [4.78, 5) is 22.7. The van der Waals surface area contributed by atoms with Crippen LogP contribution in [-0.4, -0.2) is 53.1 Å². The van der Waals surface area contributed by atoms with Crippen molar-refractivity contribution in [3.63, 3.8) is 0 Å². The van der Waals surface area contributed by atoms with Gasteiger partial charge in [-0.2, -0.15) is 10.2 Å². The smallest absolute Gasteiger partial charge is 0.267 e. The lowest BCUT2D eigenvalue weighted by molar-refractivity contribution is 0.331. The number of nitrogens with zero attached hydrogens (tertiary/aromatic N) is 4. The second kappa shape index (κ2) is 6.18. The molecule has 1 aliphatic rings. The van der Waals surface area contributed by atoms with Crippen molar-refractivity contribution < 1.29 is 8.42 Å². The van der Waals surface area contributed by atoms with Crippen LogP contribution in [0.4, 0.5) is 5.95 Å². The van der Waals surface area contributed by atoms with E-state index in [4.69, 9.17) is 5.26 Å². The first-order chi connectivity index (χ1) is 11.4. The third-order valence-electron chi connectivity index (χ3n) is 3.97. The highest BCUT2D eigenvalue weighted by Gasteiger charge is 2.25. The van der Waals surface area contributed by atoms with Crippen molar-refractivity contribution in [1.29, 1.82) is 5.26 Å². The summed E-state index contributed by atoms with van der Waals surface area (Å²) in [6, 6.07) is 3.32. The summed E-state index contributed by atoms with van der Waals surface area (Å²) in [5.41, 5.74) is -0.124. The highest BCUT2D eigenvalue weighted by molar-refractivity contribution is 7.88. The molecule has 0 radical (unpaired) electrons. The zero-order valence-corrected chi connectivity index (χ0v) is 13.8. The van der Waals surface area contributed by atoms with E-state index in [1.807, 2.05) is 6.07 Å². The second-order valence-corrected chi connectivity index (χ2v) is 7.68. The lowest BCUT2D eigenvalue weighted by atomic mass is 10.1. The standard InChI is InChI=1S/C14H16N6O3S/c1-24(22,23)20-4-2-11(3-5-20)17-14-16-8-10-6-9(7-15)13(21)18-12(10)19-14/h6,8,11H,2-5H2,1H3,(H2,16,17,18,19,21). The maximum atomic E-state index is 11.7. The van der Waals surface area contributed by atoms with Crippen molar-refractivity contribution in [2.45, 2.75) is 18.9 Å². The summed E-state index contributed by atoms with van der Waals surface area (Å²) in [6.07, 6.45) is 4.04. The Balaban J connectivity index is 1.75. The normalized spacial score (nSPS) is 16.8. The molecule has 2 aromatic heterocycles. The van der Waals surface area contributed by atoms with Crippen LogP contribution in [0.25, 0.3) is 11.0 Å². The van der Waals surface area contributed by atoms with E-state index in [0.717, 1.165) is 0 Å². The first-order valence-corrected chi connectivity index (χ1v) is 9.23. The highest BCUT2D eigenvalue weighted by Crippen LogP contribution is 2.17. The van der Waals surface area contributed by atoms with Gasteiger partial charge in [-0.15, -0.1) is 0 Å². The fourth-order valence-corrected chi connectivity index (χ4v) is 3.53. The van der Waals surface area contributed by atoms with Gasteiger partial charge in [-0.05, 0) is 18.9 Å². The number of aromatic nitrogens is 3. The maximum Gasteiger partial charge on any atom is 0.267 e. The number of piperidine rings is 1. The molecule has 9 nitrogen and oxygen atoms in total. The predicted molar refractivity (Wildman–Crippen MR) is 87.9 cm³/mol. The van der Waals surface area contributed by atoms with Crippen molar-refractivity contribution in [1.82, 2.24) is 19.3 Å². The highest BCUT2D eigenvalue weighted by atomic mass is 32.2. The third-order valence-corrected chi connectivity index (χ3v) is 5.27. The number of pyridine rings is 1. The van der Waals surface area contributed by atoms with Gasteiger partial charge in [0.05, 0.1) is 6.26 Å². The molecule has 24 heavy (non-hydrogen) atoms. The van der Waals surface area contributed by atoms with Crippen molar-refractivity contribution in [3.8, 4) is 6.07 Å². The molecule has 3 heterocycles. The van der Waals surface area contributed by atoms with E-state index in [1.165, 1.54) is 22.8 Å². The molecule has 0 unspecified atom stereocenters. The van der Waals surface area contributed by atoms with Crippen LogP contribution in [-0.2, 0) is 10.0 Å². The van der Waals surface area contributed by atoms with E-state index in [9.17, 15) is 13.2 Å². The largest absolute Gasteiger partial charge is 0.351 e. The van der Waals surface area contributed by atoms with E-state index in [2.05, 4.69) is 20.3 Å². The number of H-pyrrole nitrogens is 1. The molecule has 10 heteroatoms. The van der Waals surface area contributed by atoms with Crippen LogP contribution < -0.4 is 10.9 Å². The monoisotopic (exact) mass is 348 g/mol. The van der Waals surface area contributed by atoms with Crippen molar-refractivity contribution >= 4 is 27.0 Å². The molecule has 2 N–H and O–H groups in total. The quantitative estimate of drug-likeness (QED) is 0.799. The fourth-order valence-electron chi connectivity index (χ4n) is 2.66. The Labute approximate surface area is 138 Å². The van der Waals surface area contributed by atoms with Crippen LogP contribution in [0.2, 0.25) is 0 Å². The van der Waals surface area contributed by atoms with Gasteiger partial charge in [-0.25, -0.2) is 17.7 Å². The number of hydrogen-bond donors (Lipinski definition) is 2. The molecule has 0 aromatic carbocycles. The van der Waals surface area contributed by atoms with Gasteiger partial charge in [0.2, 0.25) is 16.0 Å². The summed E-state index contributed by atoms with van der Waals surface area (Å²) >= 11 is 0. The number of nitriles is 1. The van der Waals surface area contributed by atoms with E-state index in [0.29, 0.717) is 42.9 Å². The molecule has 0 aliphatic carbocycles. The SMILES string of the molecule is CS(=O)(=O)N1CCC(Nc2ncc3cc(C#N)c(=O)[nH]c3n2)CC1. The topological polar surface area (TPSA) is 132 Å². The summed E-state index contributed by atoms with van der Waals surface area (Å²) in [5.74, 6) is 0.362. The Kier molecular flexibility index (Phi) is 4.21. The Morgan fingerprint density at radius 2 is 2.12 bits per heavy atom. The molecule has 0 saturated carbocycles. The third kappa shape index (κ3) is 3.37. The van der Waals surface area contributed by atoms with Gasteiger partial charge in [0.25, 0.3) is 5.56 Å². The lowest BCUT2D eigenvalue weighted by Gasteiger charge is -2.30. The van der Waals surface area contributed by atoms with Gasteiger partial charge in [0.1, 0.15) is 17.3 Å². The van der Waals surface area contributed by atoms with E-state index < -0.39 is 15.6 Å². The molecule has 2 aromatic rings. The van der Waals surface area contributed by atoms with Crippen LogP contribution in [0.1, 0.15) is 18.4 Å². The molecule has 3 rings (SSSR count). The Morgan fingerprint density at radius 1 is 1.42 bits per heavy atom. The number of rotatable bonds is 3. The number of nitrogens with one attached hydrogen (secondary N) is 2. The Morgan fingerprint density at radius 3 is 2.75 bits per heavy atom. The second-order valence-electron chi connectivity index (χ2n) is 5.70. The number of sulfonamides is 1. The summed E-state index contributed by atoms with van der Waals surface area (Å²) in [7, 11) is -3.15. The lowest BCUT2D eigenvalue weighted by Crippen LogP contribution is -2.42. The number of anilines is 1. The van der Waals surface area contributed by atoms with E-state index in [1.54, 1.807) is 0 Å². The number of aromatic amines is 1. The molecule has 0 amide bonds.